The number of aromatic nitrogens is 2. The standard InChI is InChI=1S/C15H15F3N6O2S2/c1-4-8-24(5-2)11-6-7-12(20-21-14-19-10(3)22-27-14)13(9-11)23-28(25,26)15(16,17)18/h6-7,9,23H,5H2,1-3H3/b21-20+. The summed E-state index contributed by atoms with van der Waals surface area (Å²) in [5.74, 6) is 3.14. The fraction of sp³-hybridized carbons (Fsp3) is 0.333. The van der Waals surface area contributed by atoms with E-state index in [0.717, 1.165) is 11.5 Å². The summed E-state index contributed by atoms with van der Waals surface area (Å²) in [6, 6.07) is 6.84. The van der Waals surface area contributed by atoms with Gasteiger partial charge in [0.25, 0.3) is 0 Å². The van der Waals surface area contributed by atoms with E-state index < -0.39 is 21.2 Å². The molecule has 1 aromatic carbocycles. The molecule has 28 heavy (non-hydrogen) atoms. The Morgan fingerprint density at radius 3 is 2.57 bits per heavy atom. The number of azo groups is 1. The maximum absolute atomic E-state index is 12.8. The highest BCUT2D eigenvalue weighted by molar-refractivity contribution is 7.93. The zero-order valence-corrected chi connectivity index (χ0v) is 16.6. The summed E-state index contributed by atoms with van der Waals surface area (Å²) in [5, 5.41) is 7.78. The molecule has 13 heteroatoms. The van der Waals surface area contributed by atoms with Crippen LogP contribution in [0.4, 0.5) is 35.4 Å². The molecule has 8 nitrogen and oxygen atoms in total. The molecule has 0 saturated heterocycles. The summed E-state index contributed by atoms with van der Waals surface area (Å²) in [5.41, 5.74) is -5.61. The molecule has 0 unspecified atom stereocenters. The first-order valence-corrected chi connectivity index (χ1v) is 9.98. The van der Waals surface area contributed by atoms with E-state index in [1.165, 1.54) is 16.9 Å². The lowest BCUT2D eigenvalue weighted by atomic mass is 10.2. The van der Waals surface area contributed by atoms with Crippen molar-refractivity contribution in [2.45, 2.75) is 26.3 Å². The number of aryl methyl sites for hydroxylation is 1. The topological polar surface area (TPSA) is 99.9 Å². The largest absolute Gasteiger partial charge is 0.516 e. The van der Waals surface area contributed by atoms with Gasteiger partial charge in [-0.2, -0.15) is 26.0 Å². The molecular formula is C15H15F3N6O2S2. The molecule has 0 bridgehead atoms. The van der Waals surface area contributed by atoms with Crippen LogP contribution in [-0.4, -0.2) is 29.8 Å². The Hall–Kier alpha value is -2.72. The molecular weight excluding hydrogens is 417 g/mol. The van der Waals surface area contributed by atoms with Gasteiger partial charge in [-0.1, -0.05) is 5.92 Å². The molecule has 0 saturated carbocycles. The van der Waals surface area contributed by atoms with Gasteiger partial charge in [-0.05, 0) is 39.0 Å². The van der Waals surface area contributed by atoms with Crippen molar-refractivity contribution in [3.8, 4) is 12.0 Å². The highest BCUT2D eigenvalue weighted by Crippen LogP contribution is 2.35. The third-order valence-electron chi connectivity index (χ3n) is 3.16. The fourth-order valence-electron chi connectivity index (χ4n) is 1.95. The van der Waals surface area contributed by atoms with Gasteiger partial charge >= 0.3 is 15.5 Å². The smallest absolute Gasteiger partial charge is 0.302 e. The summed E-state index contributed by atoms with van der Waals surface area (Å²) in [7, 11) is -5.65. The summed E-state index contributed by atoms with van der Waals surface area (Å²) in [6.07, 6.45) is 0. The van der Waals surface area contributed by atoms with Crippen LogP contribution in [0.5, 0.6) is 0 Å². The molecule has 1 heterocycles. The molecule has 150 valence electrons. The summed E-state index contributed by atoms with van der Waals surface area (Å²) in [6.45, 7) is 5.45. The monoisotopic (exact) mass is 432 g/mol. The van der Waals surface area contributed by atoms with Crippen LogP contribution in [0.3, 0.4) is 0 Å². The van der Waals surface area contributed by atoms with Gasteiger partial charge < -0.3 is 4.90 Å². The molecule has 1 aromatic heterocycles. The second kappa shape index (κ2) is 8.53. The number of alkyl halides is 3. The number of sulfonamides is 1. The summed E-state index contributed by atoms with van der Waals surface area (Å²) < 4.78 is 66.9. The van der Waals surface area contributed by atoms with Crippen LogP contribution >= 0.6 is 11.5 Å². The van der Waals surface area contributed by atoms with Crippen LogP contribution in [0.25, 0.3) is 0 Å². The molecule has 2 rings (SSSR count). The molecule has 0 aliphatic carbocycles. The van der Waals surface area contributed by atoms with Crippen molar-refractivity contribution in [2.75, 3.05) is 16.2 Å². The van der Waals surface area contributed by atoms with Crippen LogP contribution in [0.1, 0.15) is 19.7 Å². The predicted molar refractivity (Wildman–Crippen MR) is 100 cm³/mol. The Morgan fingerprint density at radius 2 is 2.04 bits per heavy atom. The second-order valence-corrected chi connectivity index (χ2v) is 7.59. The first-order chi connectivity index (χ1) is 13.1. The minimum Gasteiger partial charge on any atom is -0.302 e. The van der Waals surface area contributed by atoms with Crippen LogP contribution in [0.15, 0.2) is 28.4 Å². The number of halogens is 3. The second-order valence-electron chi connectivity index (χ2n) is 5.18. The number of benzene rings is 1. The van der Waals surface area contributed by atoms with Crippen LogP contribution in [-0.2, 0) is 10.0 Å². The number of hydrogen-bond donors (Lipinski definition) is 1. The zero-order chi connectivity index (χ0) is 20.9. The van der Waals surface area contributed by atoms with Gasteiger partial charge in [0.05, 0.1) is 11.4 Å². The lowest BCUT2D eigenvalue weighted by Gasteiger charge is -2.18. The Balaban J connectivity index is 2.50. The molecule has 0 aliphatic rings. The van der Waals surface area contributed by atoms with E-state index in [9.17, 15) is 21.6 Å². The molecule has 0 fully saturated rings. The molecule has 0 spiro atoms. The predicted octanol–water partition coefficient (Wildman–Crippen LogP) is 4.33. The van der Waals surface area contributed by atoms with Gasteiger partial charge in [0.2, 0.25) is 5.13 Å². The number of rotatable bonds is 6. The maximum Gasteiger partial charge on any atom is 0.516 e. The average Bonchev–Trinajstić information content (AvgIpc) is 3.02. The highest BCUT2D eigenvalue weighted by Gasteiger charge is 2.46. The van der Waals surface area contributed by atoms with Crippen molar-refractivity contribution in [1.82, 2.24) is 9.36 Å². The lowest BCUT2D eigenvalue weighted by Crippen LogP contribution is -2.30. The zero-order valence-electron chi connectivity index (χ0n) is 14.9. The highest BCUT2D eigenvalue weighted by atomic mass is 32.2. The van der Waals surface area contributed by atoms with Gasteiger partial charge in [0, 0.05) is 24.1 Å². The minimum atomic E-state index is -5.65. The van der Waals surface area contributed by atoms with E-state index in [0.29, 0.717) is 18.1 Å². The normalized spacial score (nSPS) is 11.9. The summed E-state index contributed by atoms with van der Waals surface area (Å²) in [4.78, 5) is 5.50. The number of nitrogens with one attached hydrogen (secondary N) is 1. The lowest BCUT2D eigenvalue weighted by molar-refractivity contribution is -0.0429. The van der Waals surface area contributed by atoms with Crippen molar-refractivity contribution >= 4 is 43.7 Å². The van der Waals surface area contributed by atoms with Gasteiger partial charge in [-0.25, -0.2) is 4.98 Å². The third kappa shape index (κ3) is 5.17. The molecule has 0 amide bonds. The minimum absolute atomic E-state index is 0.120. The third-order valence-corrected chi connectivity index (χ3v) is 4.95. The Morgan fingerprint density at radius 1 is 1.32 bits per heavy atom. The van der Waals surface area contributed by atoms with E-state index >= 15 is 0 Å². The SMILES string of the molecule is CC#CN(CC)c1ccc(/N=N/c2nc(C)ns2)c(NS(=O)(=O)C(F)(F)F)c1. The number of nitrogens with zero attached hydrogens (tertiary/aromatic N) is 5. The van der Waals surface area contributed by atoms with E-state index in [2.05, 4.69) is 31.6 Å². The van der Waals surface area contributed by atoms with Gasteiger partial charge in [0.15, 0.2) is 0 Å². The Kier molecular flexibility index (Phi) is 6.57. The van der Waals surface area contributed by atoms with Crippen molar-refractivity contribution in [3.63, 3.8) is 0 Å². The van der Waals surface area contributed by atoms with Crippen LogP contribution < -0.4 is 9.62 Å². The molecule has 0 aliphatic heterocycles. The van der Waals surface area contributed by atoms with E-state index in [-0.39, 0.29) is 10.8 Å². The van der Waals surface area contributed by atoms with Crippen molar-refractivity contribution < 1.29 is 21.6 Å². The summed E-state index contributed by atoms with van der Waals surface area (Å²) >= 11 is 0.944. The molecule has 0 atom stereocenters. The number of hydrogen-bond acceptors (Lipinski definition) is 8. The number of anilines is 2. The first kappa shape index (κ1) is 21.6. The van der Waals surface area contributed by atoms with Crippen molar-refractivity contribution in [3.05, 3.63) is 24.0 Å². The first-order valence-electron chi connectivity index (χ1n) is 7.72. The fourth-order valence-corrected chi connectivity index (χ4v) is 3.02. The van der Waals surface area contributed by atoms with Crippen LogP contribution in [0.2, 0.25) is 0 Å². The molecule has 1 N–H and O–H groups in total. The van der Waals surface area contributed by atoms with Gasteiger partial charge in [0.1, 0.15) is 11.5 Å². The molecule has 2 aromatic rings. The Bertz CT molecular complexity index is 1040. The van der Waals surface area contributed by atoms with E-state index in [1.807, 2.05) is 0 Å². The average molecular weight is 432 g/mol. The van der Waals surface area contributed by atoms with Crippen molar-refractivity contribution in [1.29, 1.82) is 0 Å². The van der Waals surface area contributed by atoms with Crippen molar-refractivity contribution in [2.24, 2.45) is 10.2 Å². The van der Waals surface area contributed by atoms with Gasteiger partial charge in [-0.15, -0.1) is 10.2 Å². The quantitative estimate of drug-likeness (QED) is 0.416. The Labute approximate surface area is 163 Å². The van der Waals surface area contributed by atoms with Gasteiger partial charge in [-0.3, -0.25) is 4.72 Å². The maximum atomic E-state index is 12.8. The molecule has 0 radical (unpaired) electrons. The van der Waals surface area contributed by atoms with E-state index in [4.69, 9.17) is 0 Å². The van der Waals surface area contributed by atoms with E-state index in [1.54, 1.807) is 31.7 Å². The van der Waals surface area contributed by atoms with Crippen LogP contribution in [0, 0.1) is 18.9 Å².